The number of ether oxygens (including phenoxy) is 1. The van der Waals surface area contributed by atoms with Crippen molar-refractivity contribution < 1.29 is 4.74 Å². The third-order valence-electron chi connectivity index (χ3n) is 4.05. The van der Waals surface area contributed by atoms with E-state index >= 15 is 0 Å². The molecule has 1 aromatic carbocycles. The van der Waals surface area contributed by atoms with Crippen molar-refractivity contribution in [3.05, 3.63) is 24.0 Å². The number of hydrogen-bond donors (Lipinski definition) is 1. The zero-order chi connectivity index (χ0) is 14.8. The Morgan fingerprint density at radius 2 is 2.29 bits per heavy atom. The molecule has 2 heterocycles. The van der Waals surface area contributed by atoms with Gasteiger partial charge in [-0.15, -0.1) is 0 Å². The summed E-state index contributed by atoms with van der Waals surface area (Å²) < 4.78 is 8.22. The van der Waals surface area contributed by atoms with Gasteiger partial charge >= 0.3 is 0 Å². The van der Waals surface area contributed by atoms with Crippen molar-refractivity contribution in [3.8, 4) is 0 Å². The first-order chi connectivity index (χ1) is 10.2. The van der Waals surface area contributed by atoms with Gasteiger partial charge in [0, 0.05) is 25.2 Å². The van der Waals surface area contributed by atoms with E-state index in [1.807, 2.05) is 12.1 Å². The molecule has 3 rings (SSSR count). The molecule has 1 aromatic heterocycles. The van der Waals surface area contributed by atoms with Crippen LogP contribution in [0.15, 0.2) is 18.2 Å². The highest BCUT2D eigenvalue weighted by Crippen LogP contribution is 2.21. The van der Waals surface area contributed by atoms with Gasteiger partial charge in [0.1, 0.15) is 5.82 Å². The maximum absolute atomic E-state index is 5.91. The molecule has 114 valence electrons. The lowest BCUT2D eigenvalue weighted by atomic mass is 10.2. The molecular weight excluding hydrogens is 264 g/mol. The van der Waals surface area contributed by atoms with Crippen molar-refractivity contribution in [2.75, 3.05) is 32.5 Å². The molecule has 0 saturated carbocycles. The number of nitrogens with two attached hydrogens (primary N) is 1. The van der Waals surface area contributed by atoms with Crippen LogP contribution >= 0.6 is 0 Å². The zero-order valence-electron chi connectivity index (χ0n) is 12.9. The fourth-order valence-electron chi connectivity index (χ4n) is 3.00. The number of aromatic nitrogens is 2. The number of hydrogen-bond acceptors (Lipinski definition) is 4. The molecule has 1 unspecified atom stereocenters. The van der Waals surface area contributed by atoms with Crippen LogP contribution < -0.4 is 5.73 Å². The second-order valence-electron chi connectivity index (χ2n) is 5.89. The van der Waals surface area contributed by atoms with Crippen molar-refractivity contribution >= 4 is 16.7 Å². The summed E-state index contributed by atoms with van der Waals surface area (Å²) in [5.74, 6) is 1.13. The molecule has 0 radical (unpaired) electrons. The summed E-state index contributed by atoms with van der Waals surface area (Å²) in [5.41, 5.74) is 8.79. The van der Waals surface area contributed by atoms with E-state index in [9.17, 15) is 0 Å². The SMILES string of the molecule is CCCc1nc2cc(N)ccc2n1CC1CN(C)CCO1. The second kappa shape index (κ2) is 6.03. The normalized spacial score (nSPS) is 20.2. The summed E-state index contributed by atoms with van der Waals surface area (Å²) in [6.45, 7) is 5.84. The molecule has 0 aliphatic carbocycles. The highest BCUT2D eigenvalue weighted by Gasteiger charge is 2.20. The van der Waals surface area contributed by atoms with Crippen molar-refractivity contribution in [3.63, 3.8) is 0 Å². The lowest BCUT2D eigenvalue weighted by molar-refractivity contribution is -0.0272. The molecule has 0 spiro atoms. The number of likely N-dealkylation sites (N-methyl/N-ethyl adjacent to an activating group) is 1. The summed E-state index contributed by atoms with van der Waals surface area (Å²) in [7, 11) is 2.15. The van der Waals surface area contributed by atoms with Crippen LogP contribution in [0.1, 0.15) is 19.2 Å². The number of fused-ring (bicyclic) bond motifs is 1. The van der Waals surface area contributed by atoms with Gasteiger partial charge in [0.25, 0.3) is 0 Å². The number of aryl methyl sites for hydroxylation is 1. The molecule has 1 aliphatic heterocycles. The number of imidazole rings is 1. The first kappa shape index (κ1) is 14.4. The highest BCUT2D eigenvalue weighted by atomic mass is 16.5. The van der Waals surface area contributed by atoms with Crippen LogP contribution in [0.4, 0.5) is 5.69 Å². The molecule has 2 aromatic rings. The van der Waals surface area contributed by atoms with E-state index in [1.165, 1.54) is 0 Å². The lowest BCUT2D eigenvalue weighted by Crippen LogP contribution is -2.42. The molecule has 5 nitrogen and oxygen atoms in total. The molecule has 1 saturated heterocycles. The molecule has 5 heteroatoms. The van der Waals surface area contributed by atoms with Crippen LogP contribution in [0.5, 0.6) is 0 Å². The number of morpholine rings is 1. The third kappa shape index (κ3) is 3.04. The molecule has 1 atom stereocenters. The van der Waals surface area contributed by atoms with Crippen molar-refractivity contribution in [1.29, 1.82) is 0 Å². The standard InChI is InChI=1S/C16H24N4O/c1-3-4-16-18-14-9-12(17)5-6-15(14)20(16)11-13-10-19(2)7-8-21-13/h5-6,9,13H,3-4,7-8,10-11,17H2,1-2H3. The van der Waals surface area contributed by atoms with Gasteiger partial charge in [0.05, 0.1) is 30.3 Å². The summed E-state index contributed by atoms with van der Waals surface area (Å²) in [5, 5.41) is 0. The molecule has 2 N–H and O–H groups in total. The predicted molar refractivity (Wildman–Crippen MR) is 85.4 cm³/mol. The van der Waals surface area contributed by atoms with Gasteiger partial charge < -0.3 is 19.9 Å². The first-order valence-electron chi connectivity index (χ1n) is 7.72. The van der Waals surface area contributed by atoms with E-state index in [2.05, 4.69) is 29.5 Å². The van der Waals surface area contributed by atoms with Gasteiger partial charge in [0.2, 0.25) is 0 Å². The smallest absolute Gasteiger partial charge is 0.109 e. The molecule has 0 bridgehead atoms. The fourth-order valence-corrected chi connectivity index (χ4v) is 3.00. The van der Waals surface area contributed by atoms with Crippen molar-refractivity contribution in [2.24, 2.45) is 0 Å². The summed E-state index contributed by atoms with van der Waals surface area (Å²) >= 11 is 0. The zero-order valence-corrected chi connectivity index (χ0v) is 12.9. The van der Waals surface area contributed by atoms with Gasteiger partial charge in [0.15, 0.2) is 0 Å². The Balaban J connectivity index is 1.93. The average Bonchev–Trinajstić information content (AvgIpc) is 2.76. The van der Waals surface area contributed by atoms with Crippen LogP contribution in [-0.2, 0) is 17.7 Å². The Morgan fingerprint density at radius 1 is 1.43 bits per heavy atom. The molecule has 1 fully saturated rings. The van der Waals surface area contributed by atoms with Gasteiger partial charge in [-0.2, -0.15) is 0 Å². The lowest BCUT2D eigenvalue weighted by Gasteiger charge is -2.30. The van der Waals surface area contributed by atoms with Gasteiger partial charge in [-0.05, 0) is 31.7 Å². The van der Waals surface area contributed by atoms with Crippen LogP contribution in [0.25, 0.3) is 11.0 Å². The van der Waals surface area contributed by atoms with E-state index in [0.29, 0.717) is 0 Å². The topological polar surface area (TPSA) is 56.3 Å². The van der Waals surface area contributed by atoms with Gasteiger partial charge in [-0.1, -0.05) is 6.92 Å². The maximum atomic E-state index is 5.91. The van der Waals surface area contributed by atoms with Crippen molar-refractivity contribution in [2.45, 2.75) is 32.4 Å². The maximum Gasteiger partial charge on any atom is 0.109 e. The number of anilines is 1. The third-order valence-corrected chi connectivity index (χ3v) is 4.05. The number of rotatable bonds is 4. The minimum Gasteiger partial charge on any atom is -0.399 e. The Labute approximate surface area is 125 Å². The Bertz CT molecular complexity index is 622. The Morgan fingerprint density at radius 3 is 3.05 bits per heavy atom. The van der Waals surface area contributed by atoms with E-state index in [-0.39, 0.29) is 6.10 Å². The molecular formula is C16H24N4O. The molecule has 21 heavy (non-hydrogen) atoms. The van der Waals surface area contributed by atoms with Crippen molar-refractivity contribution in [1.82, 2.24) is 14.5 Å². The largest absolute Gasteiger partial charge is 0.399 e. The average molecular weight is 288 g/mol. The number of nitrogens with zero attached hydrogens (tertiary/aromatic N) is 3. The van der Waals surface area contributed by atoms with E-state index < -0.39 is 0 Å². The van der Waals surface area contributed by atoms with Gasteiger partial charge in [-0.25, -0.2) is 4.98 Å². The highest BCUT2D eigenvalue weighted by molar-refractivity contribution is 5.79. The van der Waals surface area contributed by atoms with Gasteiger partial charge in [-0.3, -0.25) is 0 Å². The number of nitrogen functional groups attached to an aromatic ring is 1. The summed E-state index contributed by atoms with van der Waals surface area (Å²) in [6, 6.07) is 5.98. The summed E-state index contributed by atoms with van der Waals surface area (Å²) in [4.78, 5) is 7.09. The molecule has 1 aliphatic rings. The van der Waals surface area contributed by atoms with Crippen LogP contribution in [0.3, 0.4) is 0 Å². The minimum atomic E-state index is 0.231. The number of benzene rings is 1. The minimum absolute atomic E-state index is 0.231. The van der Waals surface area contributed by atoms with Crippen LogP contribution in [0.2, 0.25) is 0 Å². The Kier molecular flexibility index (Phi) is 4.12. The quantitative estimate of drug-likeness (QED) is 0.873. The predicted octanol–water partition coefficient (Wildman–Crippen LogP) is 1.90. The van der Waals surface area contributed by atoms with Crippen LogP contribution in [-0.4, -0.2) is 47.3 Å². The first-order valence-corrected chi connectivity index (χ1v) is 7.72. The summed E-state index contributed by atoms with van der Waals surface area (Å²) in [6.07, 6.45) is 2.30. The molecule has 0 amide bonds. The monoisotopic (exact) mass is 288 g/mol. The van der Waals surface area contributed by atoms with E-state index in [0.717, 1.165) is 61.6 Å². The fraction of sp³-hybridized carbons (Fsp3) is 0.562. The van der Waals surface area contributed by atoms with Crippen LogP contribution in [0, 0.1) is 0 Å². The Hall–Kier alpha value is -1.59. The van der Waals surface area contributed by atoms with E-state index in [4.69, 9.17) is 15.5 Å². The van der Waals surface area contributed by atoms with E-state index in [1.54, 1.807) is 0 Å². The second-order valence-corrected chi connectivity index (χ2v) is 5.89.